The maximum Gasteiger partial charge on any atom is 0.256 e. The molecule has 1 amide bonds. The monoisotopic (exact) mass is 419 g/mol. The fraction of sp³-hybridized carbons (Fsp3) is 0.364. The molecule has 31 heavy (non-hydrogen) atoms. The number of amides is 1. The van der Waals surface area contributed by atoms with E-state index in [1.807, 2.05) is 25.4 Å². The highest BCUT2D eigenvalue weighted by Gasteiger charge is 2.31. The molecule has 0 aliphatic heterocycles. The summed E-state index contributed by atoms with van der Waals surface area (Å²) >= 11 is 0. The second-order valence-electron chi connectivity index (χ2n) is 7.75. The van der Waals surface area contributed by atoms with Crippen LogP contribution in [0.2, 0.25) is 0 Å². The second kappa shape index (κ2) is 7.66. The Bertz CT molecular complexity index is 1280. The molecule has 0 spiro atoms. The van der Waals surface area contributed by atoms with Crippen LogP contribution in [0.5, 0.6) is 0 Å². The van der Waals surface area contributed by atoms with Gasteiger partial charge in [0.1, 0.15) is 17.0 Å². The Hall–Kier alpha value is -3.46. The number of carbonyl (C=O) groups excluding carboxylic acids is 1. The maximum atomic E-state index is 12.3. The Balaban J connectivity index is 1.73. The Kier molecular flexibility index (Phi) is 4.82. The first-order valence-corrected chi connectivity index (χ1v) is 10.4. The molecule has 5 rings (SSSR count). The van der Waals surface area contributed by atoms with Crippen molar-refractivity contribution in [3.8, 4) is 11.3 Å². The minimum atomic E-state index is -0.223. The third-order valence-electron chi connectivity index (χ3n) is 6.14. The number of methoxy groups -OCH3 is 1. The number of aromatic nitrogens is 5. The molecule has 0 unspecified atom stereocenters. The van der Waals surface area contributed by atoms with Gasteiger partial charge in [-0.3, -0.25) is 4.79 Å². The number of nitrogens with one attached hydrogen (secondary N) is 2. The summed E-state index contributed by atoms with van der Waals surface area (Å²) < 4.78 is 9.62. The van der Waals surface area contributed by atoms with E-state index in [2.05, 4.69) is 37.5 Å². The first-order chi connectivity index (χ1) is 15.2. The molecule has 2 atom stereocenters. The number of hydrogen-bond acceptors (Lipinski definition) is 6. The summed E-state index contributed by atoms with van der Waals surface area (Å²) in [4.78, 5) is 21.9. The molecule has 0 bridgehead atoms. The molecule has 1 aliphatic rings. The van der Waals surface area contributed by atoms with E-state index >= 15 is 0 Å². The Morgan fingerprint density at radius 2 is 2.13 bits per heavy atom. The van der Waals surface area contributed by atoms with E-state index < -0.39 is 0 Å². The van der Waals surface area contributed by atoms with Crippen molar-refractivity contribution >= 4 is 28.4 Å². The molecule has 9 heteroatoms. The van der Waals surface area contributed by atoms with Gasteiger partial charge in [-0.2, -0.15) is 9.61 Å². The van der Waals surface area contributed by atoms with Crippen molar-refractivity contribution in [3.63, 3.8) is 0 Å². The highest BCUT2D eigenvalue weighted by Crippen LogP contribution is 2.38. The van der Waals surface area contributed by atoms with Gasteiger partial charge in [-0.1, -0.05) is 0 Å². The summed E-state index contributed by atoms with van der Waals surface area (Å²) in [5, 5.41) is 11.2. The molecule has 0 saturated heterocycles. The number of rotatable bonds is 5. The summed E-state index contributed by atoms with van der Waals surface area (Å²) in [6, 6.07) is 6.18. The molecule has 4 heterocycles. The summed E-state index contributed by atoms with van der Waals surface area (Å²) in [6.07, 6.45) is 8.87. The topological polar surface area (TPSA) is 98.4 Å². The van der Waals surface area contributed by atoms with Crippen molar-refractivity contribution in [2.24, 2.45) is 0 Å². The minimum Gasteiger partial charge on any atom is -0.379 e. The molecule has 2 N–H and O–H groups in total. The van der Waals surface area contributed by atoms with Crippen LogP contribution < -0.4 is 10.6 Å². The van der Waals surface area contributed by atoms with Crippen LogP contribution in [0.3, 0.4) is 0 Å². The van der Waals surface area contributed by atoms with Gasteiger partial charge in [0.15, 0.2) is 5.65 Å². The van der Waals surface area contributed by atoms with E-state index in [4.69, 9.17) is 9.72 Å². The molecule has 1 aliphatic carbocycles. The quantitative estimate of drug-likeness (QED) is 0.516. The number of anilines is 1. The standard InChI is InChI=1S/C22H25N7O2/c1-23-19-10-16(27-21-14(22(30)24-2)11-26-29(19)21)15-12-28(17-7-4-8-18(17)31-3)20-13(15)6-5-9-25-20/h5-6,9-12,17-18,23H,4,7-8H2,1-3H3,(H,24,30)/t17-,18-/m1/s1. The third kappa shape index (κ3) is 3.04. The number of fused-ring (bicyclic) bond motifs is 2. The van der Waals surface area contributed by atoms with Crippen LogP contribution in [-0.4, -0.2) is 57.4 Å². The van der Waals surface area contributed by atoms with Gasteiger partial charge in [0, 0.05) is 50.6 Å². The lowest BCUT2D eigenvalue weighted by atomic mass is 10.1. The molecular weight excluding hydrogens is 394 g/mol. The van der Waals surface area contributed by atoms with E-state index in [1.165, 1.54) is 0 Å². The van der Waals surface area contributed by atoms with Gasteiger partial charge < -0.3 is 19.9 Å². The largest absolute Gasteiger partial charge is 0.379 e. The van der Waals surface area contributed by atoms with Crippen molar-refractivity contribution in [1.29, 1.82) is 0 Å². The van der Waals surface area contributed by atoms with E-state index in [0.717, 1.165) is 47.4 Å². The maximum absolute atomic E-state index is 12.3. The van der Waals surface area contributed by atoms with Crippen LogP contribution in [0.1, 0.15) is 35.7 Å². The fourth-order valence-corrected chi connectivity index (χ4v) is 4.61. The Labute approximate surface area is 179 Å². The van der Waals surface area contributed by atoms with Crippen LogP contribution in [-0.2, 0) is 4.74 Å². The molecule has 4 aromatic rings. The molecule has 0 aromatic carbocycles. The minimum absolute atomic E-state index is 0.170. The van der Waals surface area contributed by atoms with Gasteiger partial charge in [-0.15, -0.1) is 0 Å². The Morgan fingerprint density at radius 3 is 2.90 bits per heavy atom. The molecule has 4 aromatic heterocycles. The van der Waals surface area contributed by atoms with Gasteiger partial charge in [0.2, 0.25) is 0 Å². The lowest BCUT2D eigenvalue weighted by Gasteiger charge is -2.20. The van der Waals surface area contributed by atoms with E-state index in [1.54, 1.807) is 24.9 Å². The fourth-order valence-electron chi connectivity index (χ4n) is 4.61. The first-order valence-electron chi connectivity index (χ1n) is 10.4. The lowest BCUT2D eigenvalue weighted by Crippen LogP contribution is -2.20. The molecule has 1 fully saturated rings. The van der Waals surface area contributed by atoms with Crippen molar-refractivity contribution in [2.75, 3.05) is 26.5 Å². The zero-order valence-electron chi connectivity index (χ0n) is 17.8. The Morgan fingerprint density at radius 1 is 1.26 bits per heavy atom. The summed E-state index contributed by atoms with van der Waals surface area (Å²) in [5.41, 5.74) is 3.57. The number of carbonyl (C=O) groups is 1. The van der Waals surface area contributed by atoms with Crippen molar-refractivity contribution in [3.05, 3.63) is 42.4 Å². The molecule has 1 saturated carbocycles. The SMILES string of the molecule is CNC(=O)c1cnn2c(NC)cc(-c3cn([C@@H]4CCC[C@H]4OC)c4ncccc34)nc12. The number of nitrogens with zero attached hydrogens (tertiary/aromatic N) is 5. The average molecular weight is 419 g/mol. The van der Waals surface area contributed by atoms with E-state index in [0.29, 0.717) is 11.2 Å². The third-order valence-corrected chi connectivity index (χ3v) is 6.14. The zero-order chi connectivity index (χ0) is 21.5. The summed E-state index contributed by atoms with van der Waals surface area (Å²) in [6.45, 7) is 0. The van der Waals surface area contributed by atoms with Gasteiger partial charge in [-0.05, 0) is 31.4 Å². The molecule has 160 valence electrons. The number of hydrogen-bond donors (Lipinski definition) is 2. The molecule has 0 radical (unpaired) electrons. The van der Waals surface area contributed by atoms with Gasteiger partial charge in [-0.25, -0.2) is 9.97 Å². The summed E-state index contributed by atoms with van der Waals surface area (Å²) in [5.74, 6) is 0.523. The number of ether oxygens (including phenoxy) is 1. The highest BCUT2D eigenvalue weighted by molar-refractivity contribution is 6.00. The van der Waals surface area contributed by atoms with Crippen LogP contribution in [0.25, 0.3) is 27.9 Å². The van der Waals surface area contributed by atoms with Crippen LogP contribution >= 0.6 is 0 Å². The smallest absolute Gasteiger partial charge is 0.256 e. The van der Waals surface area contributed by atoms with Crippen LogP contribution in [0, 0.1) is 0 Å². The predicted molar refractivity (Wildman–Crippen MR) is 118 cm³/mol. The van der Waals surface area contributed by atoms with Gasteiger partial charge >= 0.3 is 0 Å². The first kappa shape index (κ1) is 19.5. The van der Waals surface area contributed by atoms with E-state index in [9.17, 15) is 4.79 Å². The lowest BCUT2D eigenvalue weighted by molar-refractivity contribution is 0.0762. The van der Waals surface area contributed by atoms with Crippen LogP contribution in [0.15, 0.2) is 36.8 Å². The van der Waals surface area contributed by atoms with Crippen molar-refractivity contribution < 1.29 is 9.53 Å². The second-order valence-corrected chi connectivity index (χ2v) is 7.75. The van der Waals surface area contributed by atoms with E-state index in [-0.39, 0.29) is 18.1 Å². The molecule has 9 nitrogen and oxygen atoms in total. The highest BCUT2D eigenvalue weighted by atomic mass is 16.5. The van der Waals surface area contributed by atoms with Gasteiger partial charge in [0.25, 0.3) is 5.91 Å². The van der Waals surface area contributed by atoms with Gasteiger partial charge in [0.05, 0.1) is 24.0 Å². The zero-order valence-corrected chi connectivity index (χ0v) is 17.8. The predicted octanol–water partition coefficient (Wildman–Crippen LogP) is 2.89. The molecular formula is C22H25N7O2. The van der Waals surface area contributed by atoms with Crippen molar-refractivity contribution in [1.82, 2.24) is 29.5 Å². The summed E-state index contributed by atoms with van der Waals surface area (Å²) in [7, 11) is 5.20. The average Bonchev–Trinajstić information content (AvgIpc) is 3.53. The normalized spacial score (nSPS) is 18.7. The number of pyridine rings is 1. The van der Waals surface area contributed by atoms with Crippen LogP contribution in [0.4, 0.5) is 5.82 Å². The van der Waals surface area contributed by atoms with Crippen molar-refractivity contribution in [2.45, 2.75) is 31.4 Å².